The van der Waals surface area contributed by atoms with Crippen molar-refractivity contribution < 1.29 is 54.9 Å². The third kappa shape index (κ3) is 13.2. The van der Waals surface area contributed by atoms with Crippen LogP contribution in [0.3, 0.4) is 0 Å². The summed E-state index contributed by atoms with van der Waals surface area (Å²) in [4.78, 5) is 35.7. The summed E-state index contributed by atoms with van der Waals surface area (Å²) < 4.78 is 103. The van der Waals surface area contributed by atoms with Gasteiger partial charge < -0.3 is 23.8 Å². The lowest BCUT2D eigenvalue weighted by Crippen LogP contribution is -2.50. The summed E-state index contributed by atoms with van der Waals surface area (Å²) in [6.45, 7) is 11.5. The molecule has 0 aromatic heterocycles. The van der Waals surface area contributed by atoms with E-state index in [2.05, 4.69) is 15.3 Å². The van der Waals surface area contributed by atoms with Crippen LogP contribution in [0.15, 0.2) is 64.6 Å². The topological polar surface area (TPSA) is 111 Å². The first-order valence-corrected chi connectivity index (χ1v) is 16.6. The second-order valence-electron chi connectivity index (χ2n) is 13.8. The van der Waals surface area contributed by atoms with Gasteiger partial charge in [-0.05, 0) is 103 Å². The van der Waals surface area contributed by atoms with E-state index < -0.39 is 58.7 Å². The molecule has 2 aromatic rings. The lowest BCUT2D eigenvalue weighted by molar-refractivity contribution is -0.139. The van der Waals surface area contributed by atoms with Crippen molar-refractivity contribution in [2.75, 3.05) is 20.3 Å². The molecule has 1 aliphatic rings. The number of allylic oxidation sites excluding steroid dienone is 1. The molecular formula is C37H44F6N4O6. The van der Waals surface area contributed by atoms with E-state index in [4.69, 9.17) is 18.9 Å². The minimum atomic E-state index is -4.82. The van der Waals surface area contributed by atoms with Gasteiger partial charge in [-0.25, -0.2) is 14.6 Å². The Kier molecular flexibility index (Phi) is 13.8. The lowest BCUT2D eigenvalue weighted by atomic mass is 10.1. The molecule has 0 saturated carbocycles. The zero-order chi connectivity index (χ0) is 39.8. The van der Waals surface area contributed by atoms with Crippen LogP contribution in [-0.2, 0) is 26.6 Å². The van der Waals surface area contributed by atoms with Crippen LogP contribution in [0.25, 0.3) is 11.8 Å². The molecular weight excluding hydrogens is 710 g/mol. The number of alkyl halides is 6. The fourth-order valence-electron chi connectivity index (χ4n) is 5.02. The summed E-state index contributed by atoms with van der Waals surface area (Å²) >= 11 is 0. The maximum atomic E-state index is 14.3. The van der Waals surface area contributed by atoms with Crippen LogP contribution < -0.4 is 10.1 Å². The lowest BCUT2D eigenvalue weighted by Gasteiger charge is -2.29. The van der Waals surface area contributed by atoms with E-state index in [1.165, 1.54) is 43.5 Å². The first-order valence-electron chi connectivity index (χ1n) is 16.6. The van der Waals surface area contributed by atoms with Gasteiger partial charge in [-0.3, -0.25) is 5.32 Å². The number of methoxy groups -OCH3 is 1. The number of nitrogens with one attached hydrogen (secondary N) is 1. The van der Waals surface area contributed by atoms with Crippen LogP contribution in [-0.4, -0.2) is 66.4 Å². The molecule has 2 amide bonds. The molecule has 290 valence electrons. The van der Waals surface area contributed by atoms with Crippen molar-refractivity contribution in [2.45, 2.75) is 90.9 Å². The van der Waals surface area contributed by atoms with Crippen LogP contribution in [0.5, 0.6) is 5.75 Å². The highest BCUT2D eigenvalue weighted by Gasteiger charge is 2.37. The molecule has 16 heteroatoms. The van der Waals surface area contributed by atoms with Crippen molar-refractivity contribution in [3.8, 4) is 5.75 Å². The minimum Gasteiger partial charge on any atom is -0.489 e. The number of rotatable bonds is 7. The highest BCUT2D eigenvalue weighted by molar-refractivity contribution is 6.01. The second-order valence-corrected chi connectivity index (χ2v) is 13.8. The van der Waals surface area contributed by atoms with Gasteiger partial charge in [-0.1, -0.05) is 24.3 Å². The number of guanidine groups is 1. The molecule has 1 saturated heterocycles. The van der Waals surface area contributed by atoms with Crippen molar-refractivity contribution in [3.63, 3.8) is 0 Å². The number of likely N-dealkylation sites (tertiary alicyclic amines) is 1. The summed E-state index contributed by atoms with van der Waals surface area (Å²) in [5.74, 6) is -0.584. The molecule has 10 nitrogen and oxygen atoms in total. The smallest absolute Gasteiger partial charge is 0.437 e. The van der Waals surface area contributed by atoms with E-state index in [9.17, 15) is 35.9 Å². The largest absolute Gasteiger partial charge is 0.489 e. The zero-order valence-corrected chi connectivity index (χ0v) is 30.7. The van der Waals surface area contributed by atoms with Gasteiger partial charge in [0.05, 0.1) is 23.9 Å². The summed E-state index contributed by atoms with van der Waals surface area (Å²) in [6, 6.07) is 6.99. The molecule has 0 aliphatic carbocycles. The van der Waals surface area contributed by atoms with Gasteiger partial charge in [-0.2, -0.15) is 26.3 Å². The fraction of sp³-hybridized carbons (Fsp3) is 0.459. The van der Waals surface area contributed by atoms with Crippen LogP contribution in [0.1, 0.15) is 83.6 Å². The molecule has 0 bridgehead atoms. The third-order valence-corrected chi connectivity index (χ3v) is 7.19. The van der Waals surface area contributed by atoms with Crippen molar-refractivity contribution in [1.82, 2.24) is 10.2 Å². The number of carbonyl (C=O) groups is 2. The van der Waals surface area contributed by atoms with Gasteiger partial charge in [0.15, 0.2) is 0 Å². The van der Waals surface area contributed by atoms with Gasteiger partial charge in [0.1, 0.15) is 29.6 Å². The van der Waals surface area contributed by atoms with Crippen molar-refractivity contribution in [1.29, 1.82) is 0 Å². The van der Waals surface area contributed by atoms with Gasteiger partial charge in [0, 0.05) is 12.1 Å². The molecule has 3 rings (SSSR count). The van der Waals surface area contributed by atoms with E-state index in [0.717, 1.165) is 24.3 Å². The molecule has 1 heterocycles. The van der Waals surface area contributed by atoms with Crippen LogP contribution in [0.2, 0.25) is 0 Å². The predicted molar refractivity (Wildman–Crippen MR) is 188 cm³/mol. The number of carbonyl (C=O) groups excluding carboxylic acids is 2. The number of alkyl carbamates (subject to hydrolysis) is 1. The van der Waals surface area contributed by atoms with E-state index >= 15 is 0 Å². The summed E-state index contributed by atoms with van der Waals surface area (Å²) in [5, 5.41) is 2.51. The maximum absolute atomic E-state index is 14.3. The minimum absolute atomic E-state index is 0.0702. The number of halogens is 6. The fourth-order valence-corrected chi connectivity index (χ4v) is 5.02. The first kappa shape index (κ1) is 42.4. The van der Waals surface area contributed by atoms with E-state index in [1.54, 1.807) is 53.4 Å². The number of nitrogens with zero attached hydrogens (tertiary/aromatic N) is 3. The standard InChI is InChI=1S/C37H44F6N4O6/c1-9-27(24-16-19-29(26(22-24)37(41,42)43)51-21-11-12-23-14-17-25(18-15-23)36(38,39)40)44-30(50-8)28-13-10-20-47(28)31(45-32(48)52-34(2,3)4)46-33(49)53-35(5,6)7/h9,11-12,14-19,22,28H,10,13,20-21H2,1-8H3,(H,45,46,48,49)/b12-11-,27-9-,44-30-. The highest BCUT2D eigenvalue weighted by Crippen LogP contribution is 2.38. The SMILES string of the molecule is C/C=C(\N=C(/OC)C1CCCN1C(=NC(=O)OC(C)(C)C)NC(=O)OC(C)(C)C)c1ccc(OC/C=C\c2ccc(C(F)(F)F)cc2)c(C(F)(F)F)c1. The third-order valence-electron chi connectivity index (χ3n) is 7.19. The quantitative estimate of drug-likeness (QED) is 0.170. The second kappa shape index (κ2) is 17.2. The zero-order valence-electron chi connectivity index (χ0n) is 30.7. The Hall–Kier alpha value is -5.02. The number of hydrogen-bond acceptors (Lipinski definition) is 7. The molecule has 1 fully saturated rings. The summed E-state index contributed by atoms with van der Waals surface area (Å²) in [7, 11) is 1.34. The van der Waals surface area contributed by atoms with Crippen molar-refractivity contribution >= 4 is 35.8 Å². The Bertz CT molecular complexity index is 1720. The van der Waals surface area contributed by atoms with Crippen LogP contribution >= 0.6 is 0 Å². The predicted octanol–water partition coefficient (Wildman–Crippen LogP) is 9.50. The molecule has 1 aliphatic heterocycles. The van der Waals surface area contributed by atoms with Gasteiger partial charge in [-0.15, -0.1) is 4.99 Å². The number of benzene rings is 2. The Balaban J connectivity index is 1.90. The molecule has 1 N–H and O–H groups in total. The van der Waals surface area contributed by atoms with Crippen LogP contribution in [0, 0.1) is 0 Å². The number of hydrogen-bond donors (Lipinski definition) is 1. The number of ether oxygens (including phenoxy) is 4. The van der Waals surface area contributed by atoms with E-state index in [0.29, 0.717) is 24.9 Å². The molecule has 53 heavy (non-hydrogen) atoms. The molecule has 2 aromatic carbocycles. The monoisotopic (exact) mass is 754 g/mol. The Morgan fingerprint density at radius 2 is 1.55 bits per heavy atom. The Morgan fingerprint density at radius 3 is 2.09 bits per heavy atom. The first-order chi connectivity index (χ1) is 24.5. The molecule has 1 unspecified atom stereocenters. The normalized spacial score (nSPS) is 16.5. The highest BCUT2D eigenvalue weighted by atomic mass is 19.4. The molecule has 1 atom stereocenters. The molecule has 0 spiro atoms. The number of amides is 2. The molecule has 0 radical (unpaired) electrons. The summed E-state index contributed by atoms with van der Waals surface area (Å²) in [5.41, 5.74) is -3.04. The Labute approximate surface area is 304 Å². The number of aliphatic imine (C=N–C) groups is 2. The average Bonchev–Trinajstić information content (AvgIpc) is 3.51. The van der Waals surface area contributed by atoms with Crippen molar-refractivity contribution in [2.24, 2.45) is 9.98 Å². The van der Waals surface area contributed by atoms with Gasteiger partial charge in [0.2, 0.25) is 11.9 Å². The van der Waals surface area contributed by atoms with Gasteiger partial charge >= 0.3 is 24.5 Å². The van der Waals surface area contributed by atoms with Crippen molar-refractivity contribution in [3.05, 3.63) is 76.9 Å². The Morgan fingerprint density at radius 1 is 0.906 bits per heavy atom. The van der Waals surface area contributed by atoms with Crippen LogP contribution in [0.4, 0.5) is 35.9 Å². The van der Waals surface area contributed by atoms with E-state index in [1.807, 2.05) is 0 Å². The summed E-state index contributed by atoms with van der Waals surface area (Å²) in [6.07, 6.45) is -5.88. The van der Waals surface area contributed by atoms with Gasteiger partial charge in [0.25, 0.3) is 0 Å². The average molecular weight is 755 g/mol. The van der Waals surface area contributed by atoms with E-state index in [-0.39, 0.29) is 29.7 Å². The maximum Gasteiger partial charge on any atom is 0.437 e.